The normalized spacial score (nSPS) is 10.8. The number of carbonyl (C=O) groups is 4. The van der Waals surface area contributed by atoms with Crippen LogP contribution in [0.4, 0.5) is 0 Å². The smallest absolute Gasteiger partial charge is 0.276 e. The molecule has 0 bridgehead atoms. The molecule has 3 aromatic rings. The van der Waals surface area contributed by atoms with Crippen LogP contribution in [0.2, 0.25) is 0 Å². The standard InChI is InChI=1S/C26H27N5O8S/c1-38-21-10-6-17(13-22(21)39-2)24(33)28-12-11-16-3-7-19(8-4-16)40(36,37)31-25(34)18-5-9-20(29-15-18)26(35)30-23(32)14-27/h3-10,13,15H,11-12,14,27H2,1-2H3,(H,28,33)(H,31,34)(H,30,32,35). The number of nitrogens with two attached hydrogens (primary N) is 1. The zero-order chi connectivity index (χ0) is 29.3. The summed E-state index contributed by atoms with van der Waals surface area (Å²) in [5.41, 5.74) is 6.00. The third-order valence-corrected chi connectivity index (χ3v) is 6.85. The molecule has 3 rings (SSSR count). The molecule has 2 aromatic carbocycles. The fourth-order valence-electron chi connectivity index (χ4n) is 3.38. The monoisotopic (exact) mass is 569 g/mol. The van der Waals surface area contributed by atoms with Crippen molar-refractivity contribution in [3.63, 3.8) is 0 Å². The number of benzene rings is 2. The number of rotatable bonds is 11. The maximum absolute atomic E-state index is 12.7. The number of nitrogens with zero attached hydrogens (tertiary/aromatic N) is 1. The third-order valence-electron chi connectivity index (χ3n) is 5.50. The predicted octanol–water partition coefficient (Wildman–Crippen LogP) is 0.405. The van der Waals surface area contributed by atoms with E-state index in [9.17, 15) is 27.6 Å². The van der Waals surface area contributed by atoms with Gasteiger partial charge in [0.2, 0.25) is 5.91 Å². The molecule has 4 amide bonds. The highest BCUT2D eigenvalue weighted by Crippen LogP contribution is 2.27. The van der Waals surface area contributed by atoms with Crippen LogP contribution < -0.4 is 30.6 Å². The van der Waals surface area contributed by atoms with Gasteiger partial charge in [-0.25, -0.2) is 13.1 Å². The van der Waals surface area contributed by atoms with Gasteiger partial charge in [-0.3, -0.25) is 29.5 Å². The van der Waals surface area contributed by atoms with Gasteiger partial charge >= 0.3 is 0 Å². The van der Waals surface area contributed by atoms with Crippen molar-refractivity contribution >= 4 is 33.7 Å². The lowest BCUT2D eigenvalue weighted by atomic mass is 10.1. The summed E-state index contributed by atoms with van der Waals surface area (Å²) >= 11 is 0. The van der Waals surface area contributed by atoms with E-state index >= 15 is 0 Å². The van der Waals surface area contributed by atoms with Crippen molar-refractivity contribution in [1.82, 2.24) is 20.3 Å². The molecule has 0 saturated heterocycles. The second kappa shape index (κ2) is 13.3. The van der Waals surface area contributed by atoms with E-state index in [-0.39, 0.29) is 35.1 Å². The number of carbonyl (C=O) groups excluding carboxylic acids is 4. The van der Waals surface area contributed by atoms with Crippen molar-refractivity contribution in [2.45, 2.75) is 11.3 Å². The quantitative estimate of drug-likeness (QED) is 0.251. The zero-order valence-corrected chi connectivity index (χ0v) is 22.4. The Bertz CT molecular complexity index is 1510. The van der Waals surface area contributed by atoms with E-state index < -0.39 is 27.7 Å². The highest BCUT2D eigenvalue weighted by atomic mass is 32.2. The molecule has 0 aliphatic heterocycles. The molecule has 0 atom stereocenters. The molecule has 0 saturated carbocycles. The molecule has 0 aliphatic rings. The lowest BCUT2D eigenvalue weighted by Crippen LogP contribution is -2.36. The number of aromatic nitrogens is 1. The van der Waals surface area contributed by atoms with Crippen LogP contribution in [0.3, 0.4) is 0 Å². The van der Waals surface area contributed by atoms with Crippen molar-refractivity contribution in [2.75, 3.05) is 27.3 Å². The third kappa shape index (κ3) is 7.61. The van der Waals surface area contributed by atoms with Gasteiger partial charge in [0.25, 0.3) is 27.7 Å². The molecule has 1 aromatic heterocycles. The minimum atomic E-state index is -4.21. The molecule has 0 fully saturated rings. The van der Waals surface area contributed by atoms with E-state index in [0.717, 1.165) is 11.8 Å². The van der Waals surface area contributed by atoms with Gasteiger partial charge in [0.15, 0.2) is 11.5 Å². The second-order valence-electron chi connectivity index (χ2n) is 8.17. The summed E-state index contributed by atoms with van der Waals surface area (Å²) in [7, 11) is -1.24. The number of hydrogen-bond donors (Lipinski definition) is 4. The fourth-order valence-corrected chi connectivity index (χ4v) is 4.35. The van der Waals surface area contributed by atoms with Gasteiger partial charge in [-0.1, -0.05) is 12.1 Å². The van der Waals surface area contributed by atoms with E-state index in [0.29, 0.717) is 23.5 Å². The molecule has 0 unspecified atom stereocenters. The number of ether oxygens (including phenoxy) is 2. The second-order valence-corrected chi connectivity index (χ2v) is 9.85. The van der Waals surface area contributed by atoms with Crippen LogP contribution in [0.15, 0.2) is 65.7 Å². The van der Waals surface area contributed by atoms with Gasteiger partial charge in [0.1, 0.15) is 5.69 Å². The first-order chi connectivity index (χ1) is 19.1. The Hall–Kier alpha value is -4.82. The predicted molar refractivity (Wildman–Crippen MR) is 142 cm³/mol. The maximum Gasteiger partial charge on any atom is 0.276 e. The maximum atomic E-state index is 12.7. The number of pyridine rings is 1. The summed E-state index contributed by atoms with van der Waals surface area (Å²) in [6.45, 7) is -0.0976. The van der Waals surface area contributed by atoms with Crippen LogP contribution >= 0.6 is 0 Å². The largest absolute Gasteiger partial charge is 0.493 e. The van der Waals surface area contributed by atoms with E-state index in [1.165, 1.54) is 38.5 Å². The lowest BCUT2D eigenvalue weighted by molar-refractivity contribution is -0.118. The van der Waals surface area contributed by atoms with Gasteiger partial charge in [0.05, 0.1) is 31.2 Å². The van der Waals surface area contributed by atoms with Crippen molar-refractivity contribution in [3.05, 3.63) is 83.2 Å². The van der Waals surface area contributed by atoms with E-state index in [4.69, 9.17) is 15.2 Å². The number of sulfonamides is 1. The molecule has 210 valence electrons. The van der Waals surface area contributed by atoms with Crippen molar-refractivity contribution in [1.29, 1.82) is 0 Å². The Balaban J connectivity index is 1.55. The van der Waals surface area contributed by atoms with Gasteiger partial charge in [-0.15, -0.1) is 0 Å². The average Bonchev–Trinajstić information content (AvgIpc) is 2.96. The Morgan fingerprint density at radius 3 is 2.12 bits per heavy atom. The van der Waals surface area contributed by atoms with E-state index in [1.54, 1.807) is 30.3 Å². The minimum Gasteiger partial charge on any atom is -0.493 e. The number of nitrogens with one attached hydrogen (secondary N) is 3. The topological polar surface area (TPSA) is 196 Å². The van der Waals surface area contributed by atoms with Crippen LogP contribution in [0.5, 0.6) is 11.5 Å². The average molecular weight is 570 g/mol. The van der Waals surface area contributed by atoms with Crippen molar-refractivity contribution in [2.24, 2.45) is 5.73 Å². The Labute approximate surface area is 230 Å². The molecule has 13 nitrogen and oxygen atoms in total. The first kappa shape index (κ1) is 29.7. The van der Waals surface area contributed by atoms with Gasteiger partial charge in [-0.2, -0.15) is 0 Å². The molecule has 1 heterocycles. The Morgan fingerprint density at radius 2 is 1.52 bits per heavy atom. The molecule has 0 radical (unpaired) electrons. The Kier molecular flexibility index (Phi) is 9.89. The number of hydrogen-bond acceptors (Lipinski definition) is 10. The summed E-state index contributed by atoms with van der Waals surface area (Å²) < 4.78 is 37.7. The van der Waals surface area contributed by atoms with Crippen LogP contribution in [0.1, 0.15) is 36.8 Å². The van der Waals surface area contributed by atoms with Crippen LogP contribution in [-0.4, -0.2) is 64.3 Å². The highest BCUT2D eigenvalue weighted by Gasteiger charge is 2.20. The van der Waals surface area contributed by atoms with Crippen molar-refractivity contribution < 1.29 is 37.1 Å². The highest BCUT2D eigenvalue weighted by molar-refractivity contribution is 7.90. The van der Waals surface area contributed by atoms with Crippen LogP contribution in [-0.2, 0) is 21.2 Å². The van der Waals surface area contributed by atoms with E-state index in [2.05, 4.69) is 10.3 Å². The van der Waals surface area contributed by atoms with E-state index in [1.807, 2.05) is 10.0 Å². The Morgan fingerprint density at radius 1 is 0.850 bits per heavy atom. The molecule has 14 heteroatoms. The summed E-state index contributed by atoms with van der Waals surface area (Å²) in [5.74, 6) is -1.85. The fraction of sp³-hybridized carbons (Fsp3) is 0.192. The summed E-state index contributed by atoms with van der Waals surface area (Å²) in [4.78, 5) is 51.6. The zero-order valence-electron chi connectivity index (χ0n) is 21.6. The van der Waals surface area contributed by atoms with Gasteiger partial charge < -0.3 is 20.5 Å². The number of amides is 4. The van der Waals surface area contributed by atoms with Gasteiger partial charge in [0, 0.05) is 18.3 Å². The first-order valence-corrected chi connectivity index (χ1v) is 13.2. The van der Waals surface area contributed by atoms with Gasteiger partial charge in [-0.05, 0) is 54.4 Å². The summed E-state index contributed by atoms with van der Waals surface area (Å²) in [5, 5.41) is 4.79. The molecule has 5 N–H and O–H groups in total. The minimum absolute atomic E-state index is 0.118. The molecule has 0 spiro atoms. The summed E-state index contributed by atoms with van der Waals surface area (Å²) in [6.07, 6.45) is 1.43. The molecular formula is C26H27N5O8S. The molecule has 40 heavy (non-hydrogen) atoms. The van der Waals surface area contributed by atoms with Crippen molar-refractivity contribution in [3.8, 4) is 11.5 Å². The number of imide groups is 1. The number of methoxy groups -OCH3 is 2. The lowest BCUT2D eigenvalue weighted by Gasteiger charge is -2.10. The van der Waals surface area contributed by atoms with Crippen LogP contribution in [0.25, 0.3) is 0 Å². The SMILES string of the molecule is COc1ccc(C(=O)NCCc2ccc(S(=O)(=O)NC(=O)c3ccc(C(=O)NC(=O)CN)nc3)cc2)cc1OC. The molecular weight excluding hydrogens is 542 g/mol. The molecule has 0 aliphatic carbocycles. The van der Waals surface area contributed by atoms with Crippen LogP contribution in [0, 0.1) is 0 Å². The summed E-state index contributed by atoms with van der Waals surface area (Å²) in [6, 6.07) is 13.0. The first-order valence-electron chi connectivity index (χ1n) is 11.7.